The Morgan fingerprint density at radius 1 is 1.00 bits per heavy atom. The Hall–Kier alpha value is -0.990. The van der Waals surface area contributed by atoms with Gasteiger partial charge in [-0.25, -0.2) is 4.79 Å². The number of aliphatic carboxylic acids is 1. The highest BCUT2D eigenvalue weighted by atomic mass is 35.5. The largest absolute Gasteiger partial charge is 0.479 e. The quantitative estimate of drug-likeness (QED) is 0.390. The molecule has 0 amide bonds. The topological polar surface area (TPSA) is 37.3 Å². The van der Waals surface area contributed by atoms with Crippen LogP contribution in [0.15, 0.2) is 36.4 Å². The van der Waals surface area contributed by atoms with Crippen LogP contribution in [0.3, 0.4) is 0 Å². The molecule has 0 bridgehead atoms. The lowest BCUT2D eigenvalue weighted by atomic mass is 10.1. The Bertz CT molecular complexity index is 455. The first-order valence-electron chi connectivity index (χ1n) is 7.85. The Kier molecular flexibility index (Phi) is 9.26. The van der Waals surface area contributed by atoms with Gasteiger partial charge in [0.25, 0.3) is 0 Å². The Morgan fingerprint density at radius 3 is 2.23 bits per heavy atom. The highest BCUT2D eigenvalue weighted by Crippen LogP contribution is 2.28. The summed E-state index contributed by atoms with van der Waals surface area (Å²) in [7, 11) is 0. The molecule has 1 aromatic rings. The number of unbranched alkanes of at least 4 members (excludes halogenated alkanes) is 6. The van der Waals surface area contributed by atoms with Gasteiger partial charge in [0, 0.05) is 0 Å². The van der Waals surface area contributed by atoms with E-state index in [-0.39, 0.29) is 0 Å². The number of hydrogen-bond donors (Lipinski definition) is 1. The Morgan fingerprint density at radius 2 is 1.59 bits per heavy atom. The van der Waals surface area contributed by atoms with Crippen molar-refractivity contribution in [3.05, 3.63) is 42.0 Å². The summed E-state index contributed by atoms with van der Waals surface area (Å²) in [6.07, 6.45) is 12.2. The number of halogens is 2. The minimum absolute atomic E-state index is 0.311. The first-order chi connectivity index (χ1) is 10.5. The monoisotopic (exact) mass is 342 g/mol. The molecule has 0 radical (unpaired) electrons. The summed E-state index contributed by atoms with van der Waals surface area (Å²) in [6.45, 7) is 0. The minimum Gasteiger partial charge on any atom is -0.479 e. The second-order valence-electron chi connectivity index (χ2n) is 5.48. The van der Waals surface area contributed by atoms with E-state index in [1.165, 1.54) is 24.8 Å². The fourth-order valence-electron chi connectivity index (χ4n) is 2.21. The number of carboxylic acid groups (broad SMARTS) is 1. The van der Waals surface area contributed by atoms with Gasteiger partial charge in [-0.3, -0.25) is 0 Å². The van der Waals surface area contributed by atoms with Crippen LogP contribution < -0.4 is 0 Å². The van der Waals surface area contributed by atoms with Crippen molar-refractivity contribution in [2.24, 2.45) is 0 Å². The van der Waals surface area contributed by atoms with Crippen molar-refractivity contribution in [3.8, 4) is 0 Å². The van der Waals surface area contributed by atoms with Crippen LogP contribution in [0.2, 0.25) is 0 Å². The lowest BCUT2D eigenvalue weighted by Crippen LogP contribution is -2.25. The molecule has 0 aliphatic carbocycles. The van der Waals surface area contributed by atoms with Crippen molar-refractivity contribution in [2.75, 3.05) is 0 Å². The average molecular weight is 343 g/mol. The Labute approximate surface area is 143 Å². The van der Waals surface area contributed by atoms with Gasteiger partial charge in [0.2, 0.25) is 4.33 Å². The van der Waals surface area contributed by atoms with Crippen LogP contribution >= 0.6 is 23.2 Å². The molecule has 0 unspecified atom stereocenters. The second kappa shape index (κ2) is 10.7. The zero-order valence-electron chi connectivity index (χ0n) is 12.8. The zero-order chi connectivity index (χ0) is 16.3. The van der Waals surface area contributed by atoms with E-state index < -0.39 is 10.3 Å². The highest BCUT2D eigenvalue weighted by Gasteiger charge is 2.32. The fraction of sp³-hybridized carbons (Fsp3) is 0.500. The number of carboxylic acids is 1. The molecule has 0 aliphatic heterocycles. The van der Waals surface area contributed by atoms with Crippen LogP contribution in [0, 0.1) is 0 Å². The van der Waals surface area contributed by atoms with Crippen LogP contribution in [0.1, 0.15) is 56.9 Å². The normalized spacial score (nSPS) is 11.9. The van der Waals surface area contributed by atoms with Crippen LogP contribution in [-0.4, -0.2) is 15.4 Å². The molecule has 0 heterocycles. The van der Waals surface area contributed by atoms with Crippen LogP contribution in [-0.2, 0) is 4.79 Å². The van der Waals surface area contributed by atoms with E-state index in [1.54, 1.807) is 0 Å². The second-order valence-corrected chi connectivity index (χ2v) is 6.97. The van der Waals surface area contributed by atoms with Crippen LogP contribution in [0.25, 0.3) is 6.08 Å². The van der Waals surface area contributed by atoms with E-state index >= 15 is 0 Å². The standard InChI is InChI=1S/C18H24Cl2O2/c19-18(20,17(21)22)15-11-6-4-2-1-3-5-8-12-16-13-9-7-10-14-16/h7-10,12-14H,1-6,11,15H2,(H,21,22). The summed E-state index contributed by atoms with van der Waals surface area (Å²) in [5.74, 6) is -1.15. The van der Waals surface area contributed by atoms with E-state index in [2.05, 4.69) is 24.3 Å². The molecule has 4 heteroatoms. The summed E-state index contributed by atoms with van der Waals surface area (Å²) in [5.41, 5.74) is 1.24. The van der Waals surface area contributed by atoms with Gasteiger partial charge in [0.15, 0.2) is 0 Å². The molecular weight excluding hydrogens is 319 g/mol. The summed E-state index contributed by atoms with van der Waals surface area (Å²) in [6, 6.07) is 10.3. The van der Waals surface area contributed by atoms with E-state index in [1.807, 2.05) is 18.2 Å². The molecule has 1 rings (SSSR count). The van der Waals surface area contributed by atoms with Crippen LogP contribution in [0.4, 0.5) is 0 Å². The maximum absolute atomic E-state index is 10.7. The predicted molar refractivity (Wildman–Crippen MR) is 94.5 cm³/mol. The molecule has 0 spiro atoms. The highest BCUT2D eigenvalue weighted by molar-refractivity contribution is 6.57. The molecule has 0 saturated carbocycles. The SMILES string of the molecule is O=C(O)C(Cl)(Cl)CCCCCCCCC=Cc1ccccc1. The Balaban J connectivity index is 1.96. The number of hydrogen-bond acceptors (Lipinski definition) is 1. The number of carbonyl (C=O) groups is 1. The van der Waals surface area contributed by atoms with E-state index in [0.717, 1.165) is 25.7 Å². The number of rotatable bonds is 11. The number of allylic oxidation sites excluding steroid dienone is 1. The lowest BCUT2D eigenvalue weighted by molar-refractivity contribution is -0.138. The number of benzene rings is 1. The van der Waals surface area contributed by atoms with Crippen molar-refractivity contribution in [1.82, 2.24) is 0 Å². The maximum Gasteiger partial charge on any atom is 0.340 e. The lowest BCUT2D eigenvalue weighted by Gasteiger charge is -2.13. The molecule has 0 atom stereocenters. The summed E-state index contributed by atoms with van der Waals surface area (Å²) >= 11 is 11.4. The molecule has 1 aromatic carbocycles. The molecule has 122 valence electrons. The van der Waals surface area contributed by atoms with Gasteiger partial charge in [-0.1, -0.05) is 91.4 Å². The summed E-state index contributed by atoms with van der Waals surface area (Å²) in [5, 5.41) is 8.78. The molecule has 1 N–H and O–H groups in total. The van der Waals surface area contributed by atoms with E-state index in [4.69, 9.17) is 28.3 Å². The van der Waals surface area contributed by atoms with Gasteiger partial charge in [0.1, 0.15) is 0 Å². The number of alkyl halides is 2. The first kappa shape index (κ1) is 19.1. The molecule has 0 aromatic heterocycles. The minimum atomic E-state index is -1.62. The summed E-state index contributed by atoms with van der Waals surface area (Å²) < 4.78 is -1.62. The summed E-state index contributed by atoms with van der Waals surface area (Å²) in [4.78, 5) is 10.7. The third-order valence-electron chi connectivity index (χ3n) is 3.53. The third-order valence-corrected chi connectivity index (χ3v) is 4.24. The van der Waals surface area contributed by atoms with Crippen molar-refractivity contribution >= 4 is 35.2 Å². The zero-order valence-corrected chi connectivity index (χ0v) is 14.3. The van der Waals surface area contributed by atoms with E-state index in [9.17, 15) is 4.79 Å². The fourth-order valence-corrected chi connectivity index (χ4v) is 2.47. The van der Waals surface area contributed by atoms with Crippen molar-refractivity contribution in [2.45, 2.75) is 55.7 Å². The molecule has 0 fully saturated rings. The van der Waals surface area contributed by atoms with Crippen molar-refractivity contribution < 1.29 is 9.90 Å². The van der Waals surface area contributed by atoms with Gasteiger partial charge < -0.3 is 5.11 Å². The van der Waals surface area contributed by atoms with Crippen molar-refractivity contribution in [3.63, 3.8) is 0 Å². The molecule has 0 saturated heterocycles. The molecule has 22 heavy (non-hydrogen) atoms. The predicted octanol–water partition coefficient (Wildman–Crippen LogP) is 6.08. The van der Waals surface area contributed by atoms with Crippen molar-refractivity contribution in [1.29, 1.82) is 0 Å². The molecule has 2 nitrogen and oxygen atoms in total. The molecular formula is C18H24Cl2O2. The maximum atomic E-state index is 10.7. The molecule has 0 aliphatic rings. The van der Waals surface area contributed by atoms with Gasteiger partial charge in [-0.15, -0.1) is 0 Å². The van der Waals surface area contributed by atoms with E-state index in [0.29, 0.717) is 6.42 Å². The van der Waals surface area contributed by atoms with Gasteiger partial charge in [0.05, 0.1) is 0 Å². The van der Waals surface area contributed by atoms with Gasteiger partial charge in [-0.2, -0.15) is 0 Å². The van der Waals surface area contributed by atoms with Gasteiger partial charge >= 0.3 is 5.97 Å². The average Bonchev–Trinajstić information content (AvgIpc) is 2.50. The first-order valence-corrected chi connectivity index (χ1v) is 8.61. The van der Waals surface area contributed by atoms with Gasteiger partial charge in [-0.05, 0) is 31.2 Å². The van der Waals surface area contributed by atoms with Crippen LogP contribution in [0.5, 0.6) is 0 Å². The smallest absolute Gasteiger partial charge is 0.340 e. The third kappa shape index (κ3) is 8.45.